The van der Waals surface area contributed by atoms with E-state index < -0.39 is 0 Å². The minimum Gasteiger partial charge on any atom is -0.478 e. The van der Waals surface area contributed by atoms with E-state index in [1.165, 1.54) is 0 Å². The van der Waals surface area contributed by atoms with Crippen LogP contribution in [0.5, 0.6) is 0 Å². The molecule has 0 amide bonds. The van der Waals surface area contributed by atoms with Crippen molar-refractivity contribution in [3.05, 3.63) is 0 Å². The van der Waals surface area contributed by atoms with Crippen molar-refractivity contribution >= 4 is 80.2 Å². The van der Waals surface area contributed by atoms with Gasteiger partial charge in [-0.25, -0.2) is 0 Å². The zero-order valence-corrected chi connectivity index (χ0v) is 18.2. The maximum Gasteiger partial charge on any atom is 0.219 e. The number of ether oxygens (including phenoxy) is 2. The van der Waals surface area contributed by atoms with Gasteiger partial charge in [0.1, 0.15) is 0 Å². The van der Waals surface area contributed by atoms with E-state index in [1.807, 2.05) is 23.5 Å². The Labute approximate surface area is 163 Å². The number of hydrogen-bond acceptors (Lipinski definition) is 8. The molecule has 0 aromatic carbocycles. The molecule has 0 aromatic rings. The van der Waals surface area contributed by atoms with Gasteiger partial charge in [0, 0.05) is 23.0 Å². The van der Waals surface area contributed by atoms with Crippen LogP contribution in [0.4, 0.5) is 0 Å². The summed E-state index contributed by atoms with van der Waals surface area (Å²) in [6.45, 7) is 5.75. The average Bonchev–Trinajstić information content (AvgIpc) is 2.51. The first-order chi connectivity index (χ1) is 10.7. The SMILES string of the molecule is CCSCCOC(=S)SCCCCSC(=S)OCCSCC. The lowest BCUT2D eigenvalue weighted by Crippen LogP contribution is -2.03. The Morgan fingerprint density at radius 3 is 1.50 bits per heavy atom. The Morgan fingerprint density at radius 2 is 1.14 bits per heavy atom. The molecule has 22 heavy (non-hydrogen) atoms. The van der Waals surface area contributed by atoms with Crippen molar-refractivity contribution in [3.63, 3.8) is 0 Å². The molecule has 0 N–H and O–H groups in total. The fourth-order valence-electron chi connectivity index (χ4n) is 1.25. The van der Waals surface area contributed by atoms with Crippen molar-refractivity contribution < 1.29 is 9.47 Å². The van der Waals surface area contributed by atoms with Crippen LogP contribution in [0.2, 0.25) is 0 Å². The number of hydrogen-bond donors (Lipinski definition) is 0. The van der Waals surface area contributed by atoms with Gasteiger partial charge in [0.2, 0.25) is 8.77 Å². The van der Waals surface area contributed by atoms with Gasteiger partial charge in [0.25, 0.3) is 0 Å². The summed E-state index contributed by atoms with van der Waals surface area (Å²) >= 11 is 17.4. The van der Waals surface area contributed by atoms with E-state index in [9.17, 15) is 0 Å². The van der Waals surface area contributed by atoms with E-state index >= 15 is 0 Å². The monoisotopic (exact) mass is 418 g/mol. The van der Waals surface area contributed by atoms with Gasteiger partial charge < -0.3 is 9.47 Å². The molecule has 0 saturated carbocycles. The van der Waals surface area contributed by atoms with Crippen LogP contribution in [0.25, 0.3) is 0 Å². The molecule has 0 aliphatic rings. The first-order valence-corrected chi connectivity index (χ1v) is 12.5. The third kappa shape index (κ3) is 17.5. The Balaban J connectivity index is 3.28. The lowest BCUT2D eigenvalue weighted by Gasteiger charge is -2.07. The molecule has 0 spiro atoms. The first-order valence-electron chi connectivity index (χ1n) is 7.45. The van der Waals surface area contributed by atoms with Crippen LogP contribution in [0.1, 0.15) is 26.7 Å². The standard InChI is InChI=1S/C14H26O2S6/c1-3-19-11-7-15-13(17)21-9-5-6-10-22-14(18)16-8-12-20-4-2/h3-12H2,1-2H3. The molecule has 0 unspecified atom stereocenters. The predicted molar refractivity (Wildman–Crippen MR) is 117 cm³/mol. The molecule has 0 aliphatic heterocycles. The highest BCUT2D eigenvalue weighted by molar-refractivity contribution is 8.23. The van der Waals surface area contributed by atoms with Gasteiger partial charge >= 0.3 is 0 Å². The van der Waals surface area contributed by atoms with Gasteiger partial charge in [0.05, 0.1) is 13.2 Å². The van der Waals surface area contributed by atoms with Crippen LogP contribution in [0.3, 0.4) is 0 Å². The Morgan fingerprint density at radius 1 is 0.727 bits per heavy atom. The van der Waals surface area contributed by atoms with E-state index in [4.69, 9.17) is 33.9 Å². The normalized spacial score (nSPS) is 10.5. The second-order valence-corrected chi connectivity index (χ2v) is 10.2. The van der Waals surface area contributed by atoms with Crippen molar-refractivity contribution in [2.75, 3.05) is 47.7 Å². The number of thiocarbonyl (C=S) groups is 2. The molecule has 0 aliphatic carbocycles. The molecule has 0 atom stereocenters. The predicted octanol–water partition coefficient (Wildman–Crippen LogP) is 5.34. The van der Waals surface area contributed by atoms with Gasteiger partial charge in [0.15, 0.2) is 0 Å². The minimum atomic E-state index is 0.677. The van der Waals surface area contributed by atoms with E-state index in [0.717, 1.165) is 60.6 Å². The average molecular weight is 419 g/mol. The Hall–Kier alpha value is 1.18. The smallest absolute Gasteiger partial charge is 0.219 e. The van der Waals surface area contributed by atoms with E-state index in [1.54, 1.807) is 23.5 Å². The van der Waals surface area contributed by atoms with E-state index in [0.29, 0.717) is 8.77 Å². The zero-order valence-electron chi connectivity index (χ0n) is 13.3. The van der Waals surface area contributed by atoms with Crippen LogP contribution in [0, 0.1) is 0 Å². The van der Waals surface area contributed by atoms with Gasteiger partial charge in [-0.15, -0.1) is 0 Å². The fourth-order valence-corrected chi connectivity index (χ4v) is 4.26. The lowest BCUT2D eigenvalue weighted by atomic mass is 10.4. The number of thioether (sulfide) groups is 4. The van der Waals surface area contributed by atoms with Crippen molar-refractivity contribution in [2.45, 2.75) is 26.7 Å². The fraction of sp³-hybridized carbons (Fsp3) is 0.857. The minimum absolute atomic E-state index is 0.677. The molecule has 0 saturated heterocycles. The highest BCUT2D eigenvalue weighted by Gasteiger charge is 2.01. The second-order valence-electron chi connectivity index (χ2n) is 3.99. The summed E-state index contributed by atoms with van der Waals surface area (Å²) in [6.07, 6.45) is 2.25. The van der Waals surface area contributed by atoms with Crippen molar-refractivity contribution in [1.29, 1.82) is 0 Å². The number of rotatable bonds is 13. The molecule has 2 nitrogen and oxygen atoms in total. The highest BCUT2D eigenvalue weighted by Crippen LogP contribution is 2.14. The third-order valence-corrected chi connectivity index (χ3v) is 6.64. The molecule has 0 aromatic heterocycles. The Bertz CT molecular complexity index is 261. The van der Waals surface area contributed by atoms with Gasteiger partial charge in [-0.05, 0) is 48.8 Å². The third-order valence-electron chi connectivity index (χ3n) is 2.28. The van der Waals surface area contributed by atoms with Crippen molar-refractivity contribution in [1.82, 2.24) is 0 Å². The van der Waals surface area contributed by atoms with Crippen LogP contribution in [0.15, 0.2) is 0 Å². The largest absolute Gasteiger partial charge is 0.478 e. The quantitative estimate of drug-likeness (QED) is 0.291. The molecule has 130 valence electrons. The van der Waals surface area contributed by atoms with Gasteiger partial charge in [-0.1, -0.05) is 37.4 Å². The van der Waals surface area contributed by atoms with Gasteiger partial charge in [-0.3, -0.25) is 0 Å². The zero-order chi connectivity index (χ0) is 16.5. The summed E-state index contributed by atoms with van der Waals surface area (Å²) in [5.74, 6) is 6.32. The molecule has 0 rings (SSSR count). The summed E-state index contributed by atoms with van der Waals surface area (Å²) in [5.41, 5.74) is 0. The first kappa shape index (κ1) is 23.2. The number of unbranched alkanes of at least 4 members (excludes halogenated alkanes) is 1. The van der Waals surface area contributed by atoms with E-state index in [2.05, 4.69) is 13.8 Å². The molecule has 0 radical (unpaired) electrons. The van der Waals surface area contributed by atoms with Crippen molar-refractivity contribution in [3.8, 4) is 0 Å². The van der Waals surface area contributed by atoms with Crippen LogP contribution in [-0.4, -0.2) is 56.5 Å². The van der Waals surface area contributed by atoms with Gasteiger partial charge in [-0.2, -0.15) is 23.5 Å². The maximum atomic E-state index is 5.48. The maximum absolute atomic E-state index is 5.48. The summed E-state index contributed by atoms with van der Waals surface area (Å²) in [4.78, 5) is 0. The van der Waals surface area contributed by atoms with Crippen LogP contribution in [-0.2, 0) is 9.47 Å². The van der Waals surface area contributed by atoms with Crippen LogP contribution >= 0.6 is 71.5 Å². The van der Waals surface area contributed by atoms with E-state index in [-0.39, 0.29) is 0 Å². The molecule has 0 bridgehead atoms. The van der Waals surface area contributed by atoms with Crippen molar-refractivity contribution in [2.24, 2.45) is 0 Å². The van der Waals surface area contributed by atoms with Crippen LogP contribution < -0.4 is 0 Å². The summed E-state index contributed by atoms with van der Waals surface area (Å²) < 4.78 is 12.3. The topological polar surface area (TPSA) is 18.5 Å². The lowest BCUT2D eigenvalue weighted by molar-refractivity contribution is 0.350. The molecular weight excluding hydrogens is 393 g/mol. The summed E-state index contributed by atoms with van der Waals surface area (Å²) in [7, 11) is 0. The summed E-state index contributed by atoms with van der Waals surface area (Å²) in [6, 6.07) is 0. The highest BCUT2D eigenvalue weighted by atomic mass is 32.2. The molecule has 0 heterocycles. The Kier molecular flexibility index (Phi) is 19.5. The molecular formula is C14H26O2S6. The molecule has 8 heteroatoms. The second kappa shape index (κ2) is 18.5. The molecule has 0 fully saturated rings. The summed E-state index contributed by atoms with van der Waals surface area (Å²) in [5, 5.41) is 0.